The highest BCUT2D eigenvalue weighted by Crippen LogP contribution is 2.29. The highest BCUT2D eigenvalue weighted by molar-refractivity contribution is 5.82. The SMILES string of the molecule is O=C(C1Cc2ccccc2O1)N1CCC(OCCO)CC1. The average Bonchev–Trinajstić information content (AvgIpc) is 2.96. The lowest BCUT2D eigenvalue weighted by molar-refractivity contribution is -0.140. The van der Waals surface area contributed by atoms with Gasteiger partial charge in [-0.2, -0.15) is 0 Å². The van der Waals surface area contributed by atoms with Crippen molar-refractivity contribution < 1.29 is 19.4 Å². The van der Waals surface area contributed by atoms with Crippen LogP contribution in [0.1, 0.15) is 18.4 Å². The topological polar surface area (TPSA) is 59.0 Å². The molecule has 2 aliphatic rings. The summed E-state index contributed by atoms with van der Waals surface area (Å²) >= 11 is 0. The van der Waals surface area contributed by atoms with Gasteiger partial charge in [0.1, 0.15) is 5.75 Å². The van der Waals surface area contributed by atoms with Crippen LogP contribution in [0.2, 0.25) is 0 Å². The van der Waals surface area contributed by atoms with Crippen molar-refractivity contribution in [2.75, 3.05) is 26.3 Å². The first-order valence-corrected chi connectivity index (χ1v) is 7.53. The van der Waals surface area contributed by atoms with Gasteiger partial charge in [-0.05, 0) is 24.5 Å². The molecule has 0 aromatic heterocycles. The second-order valence-electron chi connectivity index (χ2n) is 5.54. The minimum absolute atomic E-state index is 0.0489. The zero-order valence-corrected chi connectivity index (χ0v) is 12.0. The Morgan fingerprint density at radius 3 is 2.81 bits per heavy atom. The first kappa shape index (κ1) is 14.4. The quantitative estimate of drug-likeness (QED) is 0.899. The van der Waals surface area contributed by atoms with E-state index in [4.69, 9.17) is 14.6 Å². The third kappa shape index (κ3) is 3.19. The molecule has 0 bridgehead atoms. The summed E-state index contributed by atoms with van der Waals surface area (Å²) in [6, 6.07) is 7.82. The number of likely N-dealkylation sites (tertiary alicyclic amines) is 1. The molecule has 1 unspecified atom stereocenters. The maximum Gasteiger partial charge on any atom is 0.263 e. The Hall–Kier alpha value is -1.59. The molecule has 114 valence electrons. The molecular formula is C16H21NO4. The van der Waals surface area contributed by atoms with Gasteiger partial charge in [-0.25, -0.2) is 0 Å². The lowest BCUT2D eigenvalue weighted by Crippen LogP contribution is -2.46. The van der Waals surface area contributed by atoms with Crippen LogP contribution >= 0.6 is 0 Å². The van der Waals surface area contributed by atoms with Crippen molar-refractivity contribution in [3.05, 3.63) is 29.8 Å². The third-order valence-electron chi connectivity index (χ3n) is 4.12. The highest BCUT2D eigenvalue weighted by Gasteiger charge is 2.33. The molecule has 1 N–H and O–H groups in total. The van der Waals surface area contributed by atoms with E-state index < -0.39 is 0 Å². The second-order valence-corrected chi connectivity index (χ2v) is 5.54. The number of piperidine rings is 1. The minimum Gasteiger partial charge on any atom is -0.480 e. The van der Waals surface area contributed by atoms with Crippen LogP contribution in [0.3, 0.4) is 0 Å². The maximum absolute atomic E-state index is 12.5. The number of hydrogen-bond donors (Lipinski definition) is 1. The summed E-state index contributed by atoms with van der Waals surface area (Å²) in [5.74, 6) is 0.906. The number of aliphatic hydroxyl groups is 1. The normalized spacial score (nSPS) is 22.0. The number of carbonyl (C=O) groups is 1. The molecule has 1 fully saturated rings. The number of carbonyl (C=O) groups excluding carboxylic acids is 1. The van der Waals surface area contributed by atoms with Crippen molar-refractivity contribution in [3.8, 4) is 5.75 Å². The van der Waals surface area contributed by atoms with E-state index in [0.29, 0.717) is 26.1 Å². The number of fused-ring (bicyclic) bond motifs is 1. The molecule has 0 saturated carbocycles. The number of aliphatic hydroxyl groups excluding tert-OH is 1. The molecule has 0 spiro atoms. The molecule has 0 radical (unpaired) electrons. The molecule has 1 saturated heterocycles. The van der Waals surface area contributed by atoms with Gasteiger partial charge < -0.3 is 19.5 Å². The summed E-state index contributed by atoms with van der Waals surface area (Å²) in [6.07, 6.45) is 2.09. The number of hydrogen-bond acceptors (Lipinski definition) is 4. The van der Waals surface area contributed by atoms with Crippen molar-refractivity contribution in [3.63, 3.8) is 0 Å². The molecule has 2 heterocycles. The van der Waals surface area contributed by atoms with Gasteiger partial charge in [0.2, 0.25) is 0 Å². The summed E-state index contributed by atoms with van der Waals surface area (Å²) in [5, 5.41) is 8.76. The Morgan fingerprint density at radius 2 is 2.10 bits per heavy atom. The molecule has 5 heteroatoms. The number of para-hydroxylation sites is 1. The van der Waals surface area contributed by atoms with Crippen LogP contribution in [0, 0.1) is 0 Å². The first-order chi connectivity index (χ1) is 10.3. The minimum atomic E-state index is -0.377. The second kappa shape index (κ2) is 6.45. The number of benzene rings is 1. The highest BCUT2D eigenvalue weighted by atomic mass is 16.5. The van der Waals surface area contributed by atoms with E-state index in [1.165, 1.54) is 0 Å². The van der Waals surface area contributed by atoms with Crippen LogP contribution in [-0.2, 0) is 16.0 Å². The fraction of sp³-hybridized carbons (Fsp3) is 0.562. The standard InChI is InChI=1S/C16H21NO4/c18-9-10-20-13-5-7-17(8-6-13)16(19)15-11-12-3-1-2-4-14(12)21-15/h1-4,13,15,18H,5-11H2. The average molecular weight is 291 g/mol. The van der Waals surface area contributed by atoms with E-state index in [-0.39, 0.29) is 24.7 Å². The summed E-state index contributed by atoms with van der Waals surface area (Å²) < 4.78 is 11.3. The Labute approximate surface area is 124 Å². The smallest absolute Gasteiger partial charge is 0.263 e. The van der Waals surface area contributed by atoms with E-state index in [1.807, 2.05) is 29.2 Å². The molecule has 3 rings (SSSR count). The van der Waals surface area contributed by atoms with Crippen LogP contribution in [0.25, 0.3) is 0 Å². The van der Waals surface area contributed by atoms with E-state index in [9.17, 15) is 4.79 Å². The Kier molecular flexibility index (Phi) is 4.41. The largest absolute Gasteiger partial charge is 0.480 e. The van der Waals surface area contributed by atoms with Gasteiger partial charge >= 0.3 is 0 Å². The van der Waals surface area contributed by atoms with Gasteiger partial charge in [0.15, 0.2) is 6.10 Å². The van der Waals surface area contributed by atoms with E-state index >= 15 is 0 Å². The lowest BCUT2D eigenvalue weighted by Gasteiger charge is -2.33. The maximum atomic E-state index is 12.5. The number of nitrogens with zero attached hydrogens (tertiary/aromatic N) is 1. The predicted octanol–water partition coefficient (Wildman–Crippen LogP) is 0.990. The summed E-state index contributed by atoms with van der Waals surface area (Å²) in [5.41, 5.74) is 1.11. The van der Waals surface area contributed by atoms with Crippen molar-refractivity contribution in [1.82, 2.24) is 4.90 Å². The summed E-state index contributed by atoms with van der Waals surface area (Å²) in [4.78, 5) is 14.4. The zero-order valence-electron chi connectivity index (χ0n) is 12.0. The van der Waals surface area contributed by atoms with Gasteiger partial charge in [-0.3, -0.25) is 4.79 Å². The van der Waals surface area contributed by atoms with Crippen molar-refractivity contribution in [2.45, 2.75) is 31.5 Å². The van der Waals surface area contributed by atoms with Crippen LogP contribution in [0.4, 0.5) is 0 Å². The molecule has 5 nitrogen and oxygen atoms in total. The fourth-order valence-electron chi connectivity index (χ4n) is 2.99. The molecular weight excluding hydrogens is 270 g/mol. The fourth-order valence-corrected chi connectivity index (χ4v) is 2.99. The molecule has 21 heavy (non-hydrogen) atoms. The molecule has 1 aromatic carbocycles. The molecule has 0 aliphatic carbocycles. The zero-order chi connectivity index (χ0) is 14.7. The van der Waals surface area contributed by atoms with Gasteiger partial charge in [-0.1, -0.05) is 18.2 Å². The van der Waals surface area contributed by atoms with Gasteiger partial charge in [0.05, 0.1) is 19.3 Å². The molecule has 1 aromatic rings. The van der Waals surface area contributed by atoms with Crippen LogP contribution in [-0.4, -0.2) is 54.4 Å². The summed E-state index contributed by atoms with van der Waals surface area (Å²) in [6.45, 7) is 1.82. The summed E-state index contributed by atoms with van der Waals surface area (Å²) in [7, 11) is 0. The Bertz CT molecular complexity index is 472. The van der Waals surface area contributed by atoms with E-state index in [2.05, 4.69) is 0 Å². The first-order valence-electron chi connectivity index (χ1n) is 7.53. The third-order valence-corrected chi connectivity index (χ3v) is 4.12. The Balaban J connectivity index is 1.52. The number of amides is 1. The molecule has 1 amide bonds. The van der Waals surface area contributed by atoms with Crippen LogP contribution in [0.15, 0.2) is 24.3 Å². The number of ether oxygens (including phenoxy) is 2. The number of rotatable bonds is 4. The van der Waals surface area contributed by atoms with Crippen LogP contribution < -0.4 is 4.74 Å². The Morgan fingerprint density at radius 1 is 1.33 bits per heavy atom. The monoisotopic (exact) mass is 291 g/mol. The van der Waals surface area contributed by atoms with Crippen LogP contribution in [0.5, 0.6) is 5.75 Å². The van der Waals surface area contributed by atoms with Gasteiger partial charge in [0, 0.05) is 19.5 Å². The predicted molar refractivity (Wildman–Crippen MR) is 77.2 cm³/mol. The molecule has 1 atom stereocenters. The van der Waals surface area contributed by atoms with Crippen molar-refractivity contribution in [1.29, 1.82) is 0 Å². The molecule has 2 aliphatic heterocycles. The van der Waals surface area contributed by atoms with Gasteiger partial charge in [0.25, 0.3) is 5.91 Å². The van der Waals surface area contributed by atoms with Crippen molar-refractivity contribution >= 4 is 5.91 Å². The van der Waals surface area contributed by atoms with E-state index in [1.54, 1.807) is 0 Å². The van der Waals surface area contributed by atoms with Gasteiger partial charge in [-0.15, -0.1) is 0 Å². The van der Waals surface area contributed by atoms with E-state index in [0.717, 1.165) is 24.2 Å². The van der Waals surface area contributed by atoms with Crippen molar-refractivity contribution in [2.24, 2.45) is 0 Å². The lowest BCUT2D eigenvalue weighted by atomic mass is 10.1.